The molecule has 1 amide bonds. The number of carbonyl (C=O) groups excluding carboxylic acids is 1. The first kappa shape index (κ1) is 14.3. The van der Waals surface area contributed by atoms with Crippen LogP contribution in [-0.4, -0.2) is 31.7 Å². The molecular weight excluding hydrogens is 306 g/mol. The maximum absolute atomic E-state index is 11.1. The second-order valence-electron chi connectivity index (χ2n) is 3.28. The van der Waals surface area contributed by atoms with Gasteiger partial charge in [0.2, 0.25) is 6.41 Å². The van der Waals surface area contributed by atoms with Crippen LogP contribution in [0.5, 0.6) is 11.5 Å². The Labute approximate surface area is 112 Å². The average molecular weight is 318 g/mol. The number of carboxylic acids is 1. The minimum atomic E-state index is -1.17. The lowest BCUT2D eigenvalue weighted by Crippen LogP contribution is -2.27. The van der Waals surface area contributed by atoms with Crippen molar-refractivity contribution >= 4 is 28.3 Å². The molecule has 0 fully saturated rings. The van der Waals surface area contributed by atoms with Crippen molar-refractivity contribution in [1.29, 1.82) is 0 Å². The van der Waals surface area contributed by atoms with Gasteiger partial charge in [0.25, 0.3) is 0 Å². The van der Waals surface area contributed by atoms with Gasteiger partial charge in [-0.15, -0.1) is 0 Å². The van der Waals surface area contributed by atoms with Crippen LogP contribution in [0, 0.1) is 0 Å². The molecule has 0 saturated heterocycles. The second-order valence-corrected chi connectivity index (χ2v) is 4.14. The standard InChI is InChI=1S/C11H12BrNO5/c1-17-8-3-6(7(12)4-9(8)18-2)10(11(15)16)13-5-14/h3-5,10H,1-2H3,(H,13,14)(H,15,16). The van der Waals surface area contributed by atoms with Gasteiger partial charge in [0.1, 0.15) is 0 Å². The smallest absolute Gasteiger partial charge is 0.330 e. The lowest BCUT2D eigenvalue weighted by molar-refractivity contribution is -0.140. The minimum Gasteiger partial charge on any atom is -0.493 e. The zero-order valence-electron chi connectivity index (χ0n) is 9.77. The Balaban J connectivity index is 3.29. The molecule has 1 atom stereocenters. The lowest BCUT2D eigenvalue weighted by Gasteiger charge is -2.16. The molecule has 0 radical (unpaired) electrons. The van der Waals surface area contributed by atoms with Gasteiger partial charge < -0.3 is 19.9 Å². The fourth-order valence-corrected chi connectivity index (χ4v) is 2.00. The number of rotatable bonds is 6. The third-order valence-corrected chi connectivity index (χ3v) is 2.98. The molecule has 0 bridgehead atoms. The van der Waals surface area contributed by atoms with Crippen LogP contribution < -0.4 is 14.8 Å². The Kier molecular flexibility index (Phi) is 4.96. The first-order valence-electron chi connectivity index (χ1n) is 4.89. The van der Waals surface area contributed by atoms with Crippen LogP contribution >= 0.6 is 15.9 Å². The minimum absolute atomic E-state index is 0.335. The summed E-state index contributed by atoms with van der Waals surface area (Å²) in [6.45, 7) is 0. The van der Waals surface area contributed by atoms with Crippen LogP contribution in [-0.2, 0) is 9.59 Å². The van der Waals surface area contributed by atoms with E-state index in [0.29, 0.717) is 27.9 Å². The number of hydrogen-bond donors (Lipinski definition) is 2. The van der Waals surface area contributed by atoms with Gasteiger partial charge >= 0.3 is 5.97 Å². The van der Waals surface area contributed by atoms with Crippen LogP contribution in [0.2, 0.25) is 0 Å². The molecule has 98 valence electrons. The normalized spacial score (nSPS) is 11.5. The van der Waals surface area contributed by atoms with Crippen molar-refractivity contribution in [2.24, 2.45) is 0 Å². The first-order valence-corrected chi connectivity index (χ1v) is 5.68. The number of methoxy groups -OCH3 is 2. The average Bonchev–Trinajstić information content (AvgIpc) is 2.35. The first-order chi connectivity index (χ1) is 8.54. The zero-order valence-corrected chi connectivity index (χ0v) is 11.4. The summed E-state index contributed by atoms with van der Waals surface area (Å²) in [7, 11) is 2.92. The van der Waals surface area contributed by atoms with Gasteiger partial charge in [0.05, 0.1) is 14.2 Å². The molecule has 0 heterocycles. The van der Waals surface area contributed by atoms with E-state index in [2.05, 4.69) is 21.2 Å². The van der Waals surface area contributed by atoms with Gasteiger partial charge in [-0.05, 0) is 12.1 Å². The van der Waals surface area contributed by atoms with Gasteiger partial charge in [-0.2, -0.15) is 0 Å². The second kappa shape index (κ2) is 6.25. The monoisotopic (exact) mass is 317 g/mol. The fourth-order valence-electron chi connectivity index (χ4n) is 1.45. The molecule has 1 aromatic carbocycles. The Morgan fingerprint density at radius 3 is 2.39 bits per heavy atom. The quantitative estimate of drug-likeness (QED) is 0.773. The van der Waals surface area contributed by atoms with Crippen molar-refractivity contribution in [3.8, 4) is 11.5 Å². The van der Waals surface area contributed by atoms with Crippen molar-refractivity contribution in [3.63, 3.8) is 0 Å². The molecule has 0 spiro atoms. The highest BCUT2D eigenvalue weighted by atomic mass is 79.9. The highest BCUT2D eigenvalue weighted by Crippen LogP contribution is 2.36. The summed E-state index contributed by atoms with van der Waals surface area (Å²) in [6, 6.07) is 1.92. The van der Waals surface area contributed by atoms with Gasteiger partial charge in [-0.25, -0.2) is 4.79 Å². The largest absolute Gasteiger partial charge is 0.493 e. The third kappa shape index (κ3) is 2.92. The van der Waals surface area contributed by atoms with E-state index in [1.165, 1.54) is 20.3 Å². The summed E-state index contributed by atoms with van der Waals surface area (Å²) in [5, 5.41) is 11.3. The maximum atomic E-state index is 11.1. The number of carboxylic acid groups (broad SMARTS) is 1. The van der Waals surface area contributed by atoms with Crippen molar-refractivity contribution < 1.29 is 24.2 Å². The predicted molar refractivity (Wildman–Crippen MR) is 66.8 cm³/mol. The predicted octanol–water partition coefficient (Wildman–Crippen LogP) is 1.34. The van der Waals surface area contributed by atoms with E-state index in [0.717, 1.165) is 0 Å². The van der Waals surface area contributed by atoms with E-state index in [4.69, 9.17) is 14.6 Å². The number of carbonyl (C=O) groups is 2. The van der Waals surface area contributed by atoms with Crippen LogP contribution in [0.25, 0.3) is 0 Å². The van der Waals surface area contributed by atoms with Gasteiger partial charge in [0.15, 0.2) is 17.5 Å². The maximum Gasteiger partial charge on any atom is 0.330 e. The summed E-state index contributed by atoms with van der Waals surface area (Å²) in [5.41, 5.74) is 0.368. The van der Waals surface area contributed by atoms with E-state index >= 15 is 0 Å². The summed E-state index contributed by atoms with van der Waals surface area (Å²) in [4.78, 5) is 21.5. The van der Waals surface area contributed by atoms with E-state index in [-0.39, 0.29) is 0 Å². The lowest BCUT2D eigenvalue weighted by atomic mass is 10.1. The molecule has 2 N–H and O–H groups in total. The number of amides is 1. The summed E-state index contributed by atoms with van der Waals surface area (Å²) in [5.74, 6) is -0.326. The van der Waals surface area contributed by atoms with E-state index in [9.17, 15) is 9.59 Å². The van der Waals surface area contributed by atoms with E-state index in [1.54, 1.807) is 6.07 Å². The summed E-state index contributed by atoms with van der Waals surface area (Å²) < 4.78 is 10.7. The van der Waals surface area contributed by atoms with Crippen molar-refractivity contribution in [3.05, 3.63) is 22.2 Å². The van der Waals surface area contributed by atoms with Crippen LogP contribution in [0.3, 0.4) is 0 Å². The van der Waals surface area contributed by atoms with E-state index < -0.39 is 12.0 Å². The van der Waals surface area contributed by atoms with Crippen molar-refractivity contribution in [2.45, 2.75) is 6.04 Å². The molecule has 0 saturated carbocycles. The Bertz CT molecular complexity index is 463. The highest BCUT2D eigenvalue weighted by molar-refractivity contribution is 9.10. The molecule has 7 heteroatoms. The molecule has 0 aliphatic carbocycles. The molecule has 1 rings (SSSR count). The molecule has 1 unspecified atom stereocenters. The third-order valence-electron chi connectivity index (χ3n) is 2.30. The number of halogens is 1. The van der Waals surface area contributed by atoms with Gasteiger partial charge in [-0.1, -0.05) is 15.9 Å². The van der Waals surface area contributed by atoms with Crippen LogP contribution in [0.4, 0.5) is 0 Å². The van der Waals surface area contributed by atoms with Gasteiger partial charge in [-0.3, -0.25) is 4.79 Å². The molecule has 6 nitrogen and oxygen atoms in total. The zero-order chi connectivity index (χ0) is 13.7. The topological polar surface area (TPSA) is 84.9 Å². The summed E-state index contributed by atoms with van der Waals surface area (Å²) >= 11 is 3.24. The number of nitrogens with one attached hydrogen (secondary N) is 1. The fraction of sp³-hybridized carbons (Fsp3) is 0.273. The molecular formula is C11H12BrNO5. The van der Waals surface area contributed by atoms with Crippen LogP contribution in [0.1, 0.15) is 11.6 Å². The van der Waals surface area contributed by atoms with Crippen molar-refractivity contribution in [1.82, 2.24) is 5.32 Å². The number of ether oxygens (including phenoxy) is 2. The SMILES string of the molecule is COc1cc(Br)c(C(NC=O)C(=O)O)cc1OC. The number of benzene rings is 1. The van der Waals surface area contributed by atoms with Crippen LogP contribution in [0.15, 0.2) is 16.6 Å². The van der Waals surface area contributed by atoms with E-state index in [1.807, 2.05) is 0 Å². The molecule has 0 aliphatic rings. The molecule has 18 heavy (non-hydrogen) atoms. The molecule has 1 aromatic rings. The Hall–Kier alpha value is -1.76. The summed E-state index contributed by atoms with van der Waals surface area (Å²) in [6.07, 6.45) is 0.335. The number of hydrogen-bond acceptors (Lipinski definition) is 4. The van der Waals surface area contributed by atoms with Gasteiger partial charge in [0, 0.05) is 10.0 Å². The Morgan fingerprint density at radius 2 is 1.94 bits per heavy atom. The highest BCUT2D eigenvalue weighted by Gasteiger charge is 2.23. The Morgan fingerprint density at radius 1 is 1.39 bits per heavy atom. The molecule has 0 aliphatic heterocycles. The van der Waals surface area contributed by atoms with Crippen molar-refractivity contribution in [2.75, 3.05) is 14.2 Å². The molecule has 0 aromatic heterocycles. The number of aliphatic carboxylic acids is 1.